The van der Waals surface area contributed by atoms with Crippen molar-refractivity contribution >= 4 is 0 Å². The number of hydrogen-bond acceptors (Lipinski definition) is 1. The van der Waals surface area contributed by atoms with E-state index in [1.807, 2.05) is 0 Å². The molecule has 4 aliphatic carbocycles. The van der Waals surface area contributed by atoms with Gasteiger partial charge in [-0.25, -0.2) is 0 Å². The first-order valence-corrected chi connectivity index (χ1v) is 9.35. The van der Waals surface area contributed by atoms with Crippen LogP contribution in [0.1, 0.15) is 71.6 Å². The van der Waals surface area contributed by atoms with Crippen molar-refractivity contribution in [1.82, 2.24) is 5.32 Å². The highest BCUT2D eigenvalue weighted by Crippen LogP contribution is 2.80. The highest BCUT2D eigenvalue weighted by atomic mass is 15.3. The zero-order valence-corrected chi connectivity index (χ0v) is 13.3. The van der Waals surface area contributed by atoms with Crippen molar-refractivity contribution in [2.24, 2.45) is 0 Å². The van der Waals surface area contributed by atoms with Crippen LogP contribution >= 0.6 is 0 Å². The molecule has 6 atom stereocenters. The first-order valence-electron chi connectivity index (χ1n) is 9.35. The van der Waals surface area contributed by atoms with Gasteiger partial charge in [0.2, 0.25) is 0 Å². The third kappa shape index (κ3) is 0.993. The van der Waals surface area contributed by atoms with Crippen LogP contribution in [0.4, 0.5) is 0 Å². The number of fused-ring (bicyclic) bond motifs is 6. The van der Waals surface area contributed by atoms with Crippen molar-refractivity contribution in [1.29, 1.82) is 0 Å². The fraction of sp³-hybridized carbons (Fsp3) is 0.455. The molecule has 2 spiro atoms. The molecule has 2 unspecified atom stereocenters. The van der Waals surface area contributed by atoms with E-state index in [-0.39, 0.29) is 0 Å². The first-order chi connectivity index (χ1) is 11.4. The van der Waals surface area contributed by atoms with Gasteiger partial charge in [-0.05, 0) is 47.9 Å². The maximum atomic E-state index is 4.24. The summed E-state index contributed by atoms with van der Waals surface area (Å²) in [5.74, 6) is 3.06. The van der Waals surface area contributed by atoms with Crippen molar-refractivity contribution < 1.29 is 0 Å². The van der Waals surface area contributed by atoms with Gasteiger partial charge in [-0.3, -0.25) is 5.32 Å². The zero-order chi connectivity index (χ0) is 14.8. The molecule has 1 saturated heterocycles. The van der Waals surface area contributed by atoms with E-state index in [9.17, 15) is 0 Å². The Kier molecular flexibility index (Phi) is 1.76. The van der Waals surface area contributed by atoms with Gasteiger partial charge in [-0.2, -0.15) is 0 Å². The monoisotopic (exact) mass is 299 g/mol. The topological polar surface area (TPSA) is 21.9 Å². The number of benzene rings is 2. The summed E-state index contributed by atoms with van der Waals surface area (Å²) in [6, 6.07) is 18.7. The van der Waals surface area contributed by atoms with Gasteiger partial charge in [0.25, 0.3) is 0 Å². The highest BCUT2D eigenvalue weighted by molar-refractivity contribution is 5.64. The molecule has 2 aromatic rings. The smallest absolute Gasteiger partial charge is 0.0520 e. The molecule has 2 saturated carbocycles. The van der Waals surface area contributed by atoms with Crippen molar-refractivity contribution in [3.63, 3.8) is 0 Å². The third-order valence-corrected chi connectivity index (χ3v) is 8.22. The lowest BCUT2D eigenvalue weighted by atomic mass is 9.75. The van der Waals surface area contributed by atoms with Crippen LogP contribution in [0, 0.1) is 0 Å². The second-order valence-corrected chi connectivity index (χ2v) is 8.49. The van der Waals surface area contributed by atoms with Crippen LogP contribution in [0.15, 0.2) is 48.5 Å². The van der Waals surface area contributed by atoms with E-state index in [0.717, 1.165) is 23.7 Å². The lowest BCUT2D eigenvalue weighted by molar-refractivity contribution is 0.438. The molecule has 1 aliphatic heterocycles. The molecule has 114 valence electrons. The van der Waals surface area contributed by atoms with Crippen molar-refractivity contribution in [2.45, 2.75) is 60.4 Å². The van der Waals surface area contributed by atoms with Crippen LogP contribution < -0.4 is 5.32 Å². The van der Waals surface area contributed by atoms with Gasteiger partial charge >= 0.3 is 0 Å². The fourth-order valence-electron chi connectivity index (χ4n) is 7.77. The Morgan fingerprint density at radius 1 is 0.565 bits per heavy atom. The van der Waals surface area contributed by atoms with Gasteiger partial charge in [0.15, 0.2) is 0 Å². The summed E-state index contributed by atoms with van der Waals surface area (Å²) in [5.41, 5.74) is 7.46. The minimum absolute atomic E-state index is 0.390. The second kappa shape index (κ2) is 3.42. The highest BCUT2D eigenvalue weighted by Gasteiger charge is 2.85. The van der Waals surface area contributed by atoms with Crippen LogP contribution in [0.25, 0.3) is 0 Å². The molecule has 2 aromatic carbocycles. The van der Waals surface area contributed by atoms with E-state index in [0.29, 0.717) is 11.1 Å². The molecule has 1 N–H and O–H groups in total. The summed E-state index contributed by atoms with van der Waals surface area (Å²) in [5, 5.41) is 4.24. The van der Waals surface area contributed by atoms with Crippen molar-refractivity contribution in [2.75, 3.05) is 0 Å². The van der Waals surface area contributed by atoms with E-state index in [1.165, 1.54) is 25.7 Å². The average molecular weight is 299 g/mol. The Morgan fingerprint density at radius 3 is 1.17 bits per heavy atom. The number of rotatable bonds is 0. The summed E-state index contributed by atoms with van der Waals surface area (Å²) in [6.45, 7) is 0. The Bertz CT molecular complexity index is 732. The van der Waals surface area contributed by atoms with Crippen LogP contribution in [-0.4, -0.2) is 11.1 Å². The Balaban J connectivity index is 1.45. The number of hydrogen-bond donors (Lipinski definition) is 1. The van der Waals surface area contributed by atoms with Gasteiger partial charge < -0.3 is 0 Å². The molecule has 5 aliphatic rings. The molecule has 1 nitrogen and oxygen atoms in total. The maximum Gasteiger partial charge on any atom is 0.0520 e. The molecule has 7 rings (SSSR count). The molecule has 0 amide bonds. The van der Waals surface area contributed by atoms with Crippen molar-refractivity contribution in [3.05, 3.63) is 70.8 Å². The predicted octanol–water partition coefficient (Wildman–Crippen LogP) is 4.42. The standard InChI is InChI=1S/C22H21N/c1-2-6-14-13(5-1)17-9-10-18(14)21(17)22(23-21)19-11-12-20(22)16-8-4-3-7-15(16)19/h1-8,17-20,23H,9-12H2/t17-,18+,19-,20+,21?,22?. The normalized spacial score (nSPS) is 46.6. The fourth-order valence-corrected chi connectivity index (χ4v) is 7.77. The first kappa shape index (κ1) is 11.9. The summed E-state index contributed by atoms with van der Waals surface area (Å²) in [4.78, 5) is 0. The molecule has 3 fully saturated rings. The second-order valence-electron chi connectivity index (χ2n) is 8.49. The molecular weight excluding hydrogens is 278 g/mol. The van der Waals surface area contributed by atoms with Gasteiger partial charge in [0.05, 0.1) is 11.1 Å². The molecule has 4 bridgehead atoms. The zero-order valence-electron chi connectivity index (χ0n) is 13.3. The molecular formula is C22H21N. The van der Waals surface area contributed by atoms with E-state index < -0.39 is 0 Å². The Labute approximate surface area is 137 Å². The summed E-state index contributed by atoms with van der Waals surface area (Å²) >= 11 is 0. The molecule has 1 heterocycles. The number of nitrogens with one attached hydrogen (secondary N) is 1. The lowest BCUT2D eigenvalue weighted by Crippen LogP contribution is -2.31. The Hall–Kier alpha value is -1.60. The minimum Gasteiger partial charge on any atom is -0.300 e. The lowest BCUT2D eigenvalue weighted by Gasteiger charge is -2.23. The molecule has 23 heavy (non-hydrogen) atoms. The molecule has 0 radical (unpaired) electrons. The molecule has 0 aromatic heterocycles. The Morgan fingerprint density at radius 2 is 0.870 bits per heavy atom. The summed E-state index contributed by atoms with van der Waals surface area (Å²) < 4.78 is 0. The van der Waals surface area contributed by atoms with E-state index >= 15 is 0 Å². The van der Waals surface area contributed by atoms with E-state index in [1.54, 1.807) is 22.3 Å². The SMILES string of the molecule is c1ccc2c(c1)[C@H]1CC[C@@H]2C12NC21[C@@H]2CC[C@H]1c1ccccc12. The van der Waals surface area contributed by atoms with Gasteiger partial charge in [-0.15, -0.1) is 0 Å². The minimum atomic E-state index is 0.390. The maximum absolute atomic E-state index is 4.24. The van der Waals surface area contributed by atoms with Crippen LogP contribution in [0.5, 0.6) is 0 Å². The summed E-state index contributed by atoms with van der Waals surface area (Å²) in [7, 11) is 0. The summed E-state index contributed by atoms with van der Waals surface area (Å²) in [6.07, 6.45) is 5.58. The molecule has 1 heteroatoms. The van der Waals surface area contributed by atoms with Gasteiger partial charge in [0, 0.05) is 23.7 Å². The van der Waals surface area contributed by atoms with Crippen LogP contribution in [0.3, 0.4) is 0 Å². The van der Waals surface area contributed by atoms with Crippen LogP contribution in [-0.2, 0) is 0 Å². The van der Waals surface area contributed by atoms with E-state index in [2.05, 4.69) is 53.8 Å². The average Bonchev–Trinajstić information content (AvgIpc) is 2.87. The quantitative estimate of drug-likeness (QED) is 0.715. The van der Waals surface area contributed by atoms with Gasteiger partial charge in [0.1, 0.15) is 0 Å². The third-order valence-electron chi connectivity index (χ3n) is 8.22. The largest absolute Gasteiger partial charge is 0.300 e. The van der Waals surface area contributed by atoms with Crippen LogP contribution in [0.2, 0.25) is 0 Å². The van der Waals surface area contributed by atoms with Crippen molar-refractivity contribution in [3.8, 4) is 0 Å². The van der Waals surface area contributed by atoms with Gasteiger partial charge in [-0.1, -0.05) is 48.5 Å². The van der Waals surface area contributed by atoms with E-state index in [4.69, 9.17) is 0 Å². The predicted molar refractivity (Wildman–Crippen MR) is 90.9 cm³/mol.